The first-order valence-electron chi connectivity index (χ1n) is 37.7. The number of amides is 3. The lowest BCUT2D eigenvalue weighted by Gasteiger charge is -2.24. The Morgan fingerprint density at radius 1 is 0.527 bits per heavy atom. The van der Waals surface area contributed by atoms with Crippen LogP contribution in [0.4, 0.5) is 44.5 Å². The molecule has 131 heavy (non-hydrogen) atoms. The van der Waals surface area contributed by atoms with Crippen LogP contribution in [0.25, 0.3) is 0 Å². The van der Waals surface area contributed by atoms with E-state index in [4.69, 9.17) is 125 Å². The van der Waals surface area contributed by atoms with Crippen molar-refractivity contribution >= 4 is 175 Å². The summed E-state index contributed by atoms with van der Waals surface area (Å²) in [6, 6.07) is 28.8. The fourth-order valence-electron chi connectivity index (χ4n) is 8.50. The number of carboxylic acids is 2. The van der Waals surface area contributed by atoms with Crippen LogP contribution in [0.3, 0.4) is 0 Å². The first-order valence-corrected chi connectivity index (χ1v) is 40.0. The molecule has 1 aliphatic rings. The van der Waals surface area contributed by atoms with Gasteiger partial charge in [0.25, 0.3) is 5.24 Å². The Morgan fingerprint density at radius 3 is 1.25 bits per heavy atom. The van der Waals surface area contributed by atoms with E-state index in [0.717, 1.165) is 46.7 Å². The number of aromatic nitrogens is 9. The molecule has 40 nitrogen and oxygen atoms in total. The lowest BCUT2D eigenvalue weighted by molar-refractivity contribution is -0.484. The molecule has 0 bridgehead atoms. The Labute approximate surface area is 788 Å². The summed E-state index contributed by atoms with van der Waals surface area (Å²) in [5.74, 6) is -2.57. The van der Waals surface area contributed by atoms with Crippen molar-refractivity contribution in [2.45, 2.75) is 112 Å². The van der Waals surface area contributed by atoms with Gasteiger partial charge in [-0.1, -0.05) is 66.0 Å². The van der Waals surface area contributed by atoms with Crippen LogP contribution in [0, 0.1) is 0 Å². The van der Waals surface area contributed by atoms with Gasteiger partial charge in [0.05, 0.1) is 44.6 Å². The predicted octanol–water partition coefficient (Wildman–Crippen LogP) is 13.4. The second-order valence-corrected chi connectivity index (χ2v) is 30.0. The fourth-order valence-corrected chi connectivity index (χ4v) is 9.56. The number of hydrogen-bond acceptors (Lipinski definition) is 34. The van der Waals surface area contributed by atoms with E-state index in [-0.39, 0.29) is 94.1 Å². The quantitative estimate of drug-likeness (QED) is 0.00557. The average molecular weight is 1950 g/mol. The average Bonchev–Trinajstić information content (AvgIpc) is 1.03. The van der Waals surface area contributed by atoms with E-state index in [1.54, 1.807) is 135 Å². The zero-order valence-corrected chi connectivity index (χ0v) is 78.7. The van der Waals surface area contributed by atoms with Crippen molar-refractivity contribution in [1.82, 2.24) is 55.1 Å². The third kappa shape index (κ3) is 49.1. The monoisotopic (exact) mass is 1940 g/mol. The number of nitrogen functional groups attached to an aromatic ring is 2. The van der Waals surface area contributed by atoms with Crippen LogP contribution in [0.2, 0.25) is 15.5 Å². The van der Waals surface area contributed by atoms with Gasteiger partial charge in [-0.3, -0.25) is 29.2 Å². The molecule has 10 heterocycles. The largest absolute Gasteiger partial charge is 0.478 e. The van der Waals surface area contributed by atoms with Crippen molar-refractivity contribution in [2.24, 2.45) is 0 Å². The van der Waals surface area contributed by atoms with Gasteiger partial charge in [0, 0.05) is 114 Å². The zero-order valence-electron chi connectivity index (χ0n) is 74.2. The summed E-state index contributed by atoms with van der Waals surface area (Å²) in [6.45, 7) is 19.2. The lowest BCUT2D eigenvalue weighted by Crippen LogP contribution is -2.37. The number of esters is 5. The number of carbonyl (C=O) groups excluding carboxylic acids is 9. The van der Waals surface area contributed by atoms with Crippen LogP contribution < -0.4 is 37.6 Å². The van der Waals surface area contributed by atoms with E-state index in [1.165, 1.54) is 115 Å². The molecule has 1 aliphatic heterocycles. The number of nitrogens with zero attached hydrogens (tertiary/aromatic N) is 12. The van der Waals surface area contributed by atoms with Crippen LogP contribution in [0.5, 0.6) is 0 Å². The summed E-state index contributed by atoms with van der Waals surface area (Å²) in [5, 5.41) is 44.2. The number of halogens is 6. The summed E-state index contributed by atoms with van der Waals surface area (Å²) in [5.41, 5.74) is 11.0. The molecule has 12 N–H and O–H groups in total. The molecule has 9 aromatic rings. The topological polar surface area (TPSA) is 559 Å². The third-order valence-corrected chi connectivity index (χ3v) is 15.9. The number of ether oxygens (including phenoxy) is 7. The standard InChI is InChI=1S/C18H26ClN3O6.C11H16N2O2.C10H12ClNO2.C8H8N2O3.C7H8N2O2.C7H10N2O.C6H3Cl2NO.C6H4ClNO2.C6H6N2O2.C4H7ClN2.CH4O.CH4/c1-12(19)27-17(25)22(6)15-13(8-7-9-20-15)11-26-14(23)10-21(5)16(24)28-18(2,3)4;1-11(2,3)15-10(14)8-6-5-7-13-9(8)12-4;1-10(2,3)14-9(13)7-5-4-6-12-8(7)11;1-13-8(12)6-3-2-4-9-7(6)10-5-11;1-11-7(10)5-3-2-4-9-6(5)8;1-8-7-6(5-10)3-2-4-9-7;7-5-4(6(8)10)2-1-3-9-5;2*7-5-4(6(9)10)2-1-3-8-5;1-7-3-2-6-4(7)5;1-2;/h7-9,12H,10-11H2,1-6H3;5-7H,1-4H3,(H,12,13);4-6H,1-3H3;2-5H,1H3,(H,9,10,11);2-4H,1H3,(H2,8,9);2-4,10H,5H2,1H3,(H,8,9);1-3H;1-3H,(H,9,10);1-3H,(H2,7,8)(H,9,10);2-3H2,1H3;2H,1H3;1H4/p+1. The number of rotatable bonds is 18. The third-order valence-electron chi connectivity index (χ3n) is 14.3. The second-order valence-electron chi connectivity index (χ2n) is 27.6. The van der Waals surface area contributed by atoms with Gasteiger partial charge in [-0.15, -0.1) is 0 Å². The Kier molecular flexibility index (Phi) is 58.1. The Hall–Kier alpha value is -13.4. The van der Waals surface area contributed by atoms with Gasteiger partial charge in [-0.25, -0.2) is 83.2 Å². The molecule has 9 aromatic heterocycles. The highest BCUT2D eigenvalue weighted by atomic mass is 35.5. The number of carboxylic acid groups (broad SMARTS) is 2. The van der Waals surface area contributed by atoms with Crippen molar-refractivity contribution in [3.8, 4) is 0 Å². The van der Waals surface area contributed by atoms with E-state index < -0.39 is 75.6 Å². The number of carbonyl (C=O) groups is 11. The van der Waals surface area contributed by atoms with E-state index in [1.807, 2.05) is 38.5 Å². The number of hydrogen-bond donors (Lipinski definition) is 10. The Balaban J connectivity index is 0. The summed E-state index contributed by atoms with van der Waals surface area (Å²) in [7, 11) is 11.9. The number of nitrogens with one attached hydrogen (secondary N) is 4. The van der Waals surface area contributed by atoms with E-state index >= 15 is 0 Å². The van der Waals surface area contributed by atoms with Gasteiger partial charge in [0.15, 0.2) is 5.56 Å². The number of aliphatic hydroxyl groups is 2. The molecule has 0 aliphatic carbocycles. The van der Waals surface area contributed by atoms with E-state index in [9.17, 15) is 52.7 Å². The zero-order chi connectivity index (χ0) is 99.0. The number of aromatic carboxylic acids is 2. The molecule has 712 valence electrons. The van der Waals surface area contributed by atoms with E-state index in [0.29, 0.717) is 34.5 Å². The first kappa shape index (κ1) is 120. The van der Waals surface area contributed by atoms with Gasteiger partial charge < -0.3 is 85.9 Å². The minimum absolute atomic E-state index is 0. The lowest BCUT2D eigenvalue weighted by atomic mass is 10.2. The molecule has 0 radical (unpaired) electrons. The molecule has 0 aromatic carbocycles. The molecule has 0 saturated carbocycles. The maximum Gasteiger partial charge on any atom is 0.416 e. The van der Waals surface area contributed by atoms with Crippen molar-refractivity contribution in [1.29, 1.82) is 0 Å². The first-order chi connectivity index (χ1) is 61.1. The highest BCUT2D eigenvalue weighted by Gasteiger charge is 2.26. The van der Waals surface area contributed by atoms with Gasteiger partial charge in [0.2, 0.25) is 6.41 Å². The molecule has 10 rings (SSSR count). The van der Waals surface area contributed by atoms with Gasteiger partial charge >= 0.3 is 59.3 Å². The maximum absolute atomic E-state index is 12.0. The predicted molar refractivity (Wildman–Crippen MR) is 497 cm³/mol. The molecule has 46 heteroatoms. The van der Waals surface area contributed by atoms with Crippen LogP contribution in [0.15, 0.2) is 165 Å². The number of pyridine rings is 9. The Bertz CT molecular complexity index is 4980. The number of nitrogens with two attached hydrogens (primary N) is 2. The summed E-state index contributed by atoms with van der Waals surface area (Å²) in [4.78, 5) is 159. The summed E-state index contributed by atoms with van der Waals surface area (Å²) >= 11 is 33.1. The molecular formula is C85H109Cl6N18O22+. The molecule has 0 spiro atoms. The molecular weight excluding hydrogens is 1840 g/mol. The number of alkyl halides is 1. The van der Waals surface area contributed by atoms with Gasteiger partial charge in [-0.2, -0.15) is 0 Å². The summed E-state index contributed by atoms with van der Waals surface area (Å²) in [6.07, 6.45) is 12.8. The minimum atomic E-state index is -1.06. The minimum Gasteiger partial charge on any atom is -0.478 e. The summed E-state index contributed by atoms with van der Waals surface area (Å²) < 4.78 is 36.6. The number of aliphatic hydroxyl groups excluding tert-OH is 2. The number of amidine groups is 1. The number of anilines is 6. The van der Waals surface area contributed by atoms with Crippen LogP contribution in [0.1, 0.15) is 160 Å². The Morgan fingerprint density at radius 2 is 0.901 bits per heavy atom. The van der Waals surface area contributed by atoms with Crippen molar-refractivity contribution in [3.05, 3.63) is 230 Å². The van der Waals surface area contributed by atoms with Crippen LogP contribution >= 0.6 is 69.6 Å². The SMILES string of the molecule is C.CC(C)(C)OC(=O)c1cccnc1Cl.CC(Cl)OC(=O)N(C)c1ncccc1COC(=O)CN(C)C(=O)OC(C)(C)C.CNc1ncccc1C(=O)OC(C)(C)C.CNc1ncccc1CO.CO.COC(=O)c1cccnc1N.COC(=O)c1cccnc1NC=O.C[N+]1=C(Cl)NCC1.Nc1ncccc1C(=O)O.O=C(Cl)c1cccnc1Cl.O=C(O)c1cccnc1Cl. The van der Waals surface area contributed by atoms with E-state index in [2.05, 4.69) is 75.6 Å². The maximum atomic E-state index is 12.0. The second kappa shape index (κ2) is 63.6. The highest BCUT2D eigenvalue weighted by molar-refractivity contribution is 6.68. The molecule has 1 unspecified atom stereocenters. The normalized spacial score (nSPS) is 10.6. The van der Waals surface area contributed by atoms with Crippen LogP contribution in [-0.2, 0) is 56.0 Å². The highest BCUT2D eigenvalue weighted by Crippen LogP contribution is 2.23. The van der Waals surface area contributed by atoms with Crippen molar-refractivity contribution in [2.75, 3.05) is 109 Å². The van der Waals surface area contributed by atoms with Gasteiger partial charge in [-0.05, 0) is 178 Å². The van der Waals surface area contributed by atoms with Crippen molar-refractivity contribution in [3.63, 3.8) is 0 Å². The fraction of sp³-hybridized carbons (Fsp3) is 0.329. The number of likely N-dealkylation sites (N-methyl/N-ethyl adjacent to an activating group) is 2. The molecule has 0 saturated heterocycles. The smallest absolute Gasteiger partial charge is 0.416 e. The number of methoxy groups -OCH3 is 2. The molecule has 1 atom stereocenters. The molecule has 3 amide bonds. The van der Waals surface area contributed by atoms with Gasteiger partial charge in [0.1, 0.15) is 116 Å². The van der Waals surface area contributed by atoms with Crippen molar-refractivity contribution < 1.29 is 111 Å². The molecule has 0 fully saturated rings. The van der Waals surface area contributed by atoms with Crippen LogP contribution in [-0.4, -0.2) is 244 Å².